The van der Waals surface area contributed by atoms with Crippen molar-refractivity contribution in [3.8, 4) is 0 Å². The Morgan fingerprint density at radius 1 is 0.962 bits per heavy atom. The molecular weight excluding hydrogens is 368 g/mol. The van der Waals surface area contributed by atoms with Crippen molar-refractivity contribution in [2.45, 2.75) is 42.7 Å². The average Bonchev–Trinajstić information content (AvgIpc) is 3.33. The van der Waals surface area contributed by atoms with Crippen LogP contribution in [-0.4, -0.2) is 48.7 Å². The van der Waals surface area contributed by atoms with Gasteiger partial charge in [0, 0.05) is 25.2 Å². The maximum Gasteiger partial charge on any atom is 0.263 e. The number of likely N-dealkylation sites (tertiary alicyclic amines) is 1. The zero-order valence-electron chi connectivity index (χ0n) is 14.5. The molecular formula is C19H22N2O3S2. The summed E-state index contributed by atoms with van der Waals surface area (Å²) < 4.78 is 28.1. The normalized spacial score (nSPS) is 19.0. The largest absolute Gasteiger partial charge is 0.338 e. The summed E-state index contributed by atoms with van der Waals surface area (Å²) >= 11 is 1.45. The van der Waals surface area contributed by atoms with Crippen LogP contribution in [0.1, 0.15) is 35.4 Å². The van der Waals surface area contributed by atoms with Crippen LogP contribution in [0.3, 0.4) is 0 Å². The van der Waals surface area contributed by atoms with E-state index in [0.717, 1.165) is 17.7 Å². The predicted molar refractivity (Wildman–Crippen MR) is 102 cm³/mol. The molecule has 0 bridgehead atoms. The van der Waals surface area contributed by atoms with Crippen molar-refractivity contribution < 1.29 is 13.2 Å². The molecule has 26 heavy (non-hydrogen) atoms. The minimum absolute atomic E-state index is 0.0277. The van der Waals surface area contributed by atoms with Crippen LogP contribution in [0.25, 0.3) is 0 Å². The Labute approximate surface area is 158 Å². The minimum Gasteiger partial charge on any atom is -0.338 e. The van der Waals surface area contributed by atoms with E-state index in [1.807, 2.05) is 28.5 Å². The summed E-state index contributed by atoms with van der Waals surface area (Å²) in [6, 6.07) is 12.5. The summed E-state index contributed by atoms with van der Waals surface area (Å²) in [5.74, 6) is 0.0577. The molecule has 5 nitrogen and oxygen atoms in total. The Bertz CT molecular complexity index is 853. The highest BCUT2D eigenvalue weighted by Crippen LogP contribution is 2.36. The first-order valence-corrected chi connectivity index (χ1v) is 11.3. The fraction of sp³-hybridized carbons (Fsp3) is 0.421. The van der Waals surface area contributed by atoms with Crippen molar-refractivity contribution in [3.63, 3.8) is 0 Å². The van der Waals surface area contributed by atoms with E-state index in [0.29, 0.717) is 30.8 Å². The maximum atomic E-state index is 13.2. The molecule has 1 aliphatic carbocycles. The zero-order valence-corrected chi connectivity index (χ0v) is 16.1. The van der Waals surface area contributed by atoms with Gasteiger partial charge in [0.05, 0.1) is 9.77 Å². The lowest BCUT2D eigenvalue weighted by Crippen LogP contribution is -2.49. The van der Waals surface area contributed by atoms with Gasteiger partial charge in [-0.3, -0.25) is 4.79 Å². The number of hydrogen-bond donors (Lipinski definition) is 0. The molecule has 1 saturated heterocycles. The molecule has 0 unspecified atom stereocenters. The maximum absolute atomic E-state index is 13.2. The first kappa shape index (κ1) is 17.7. The number of carbonyl (C=O) groups is 1. The van der Waals surface area contributed by atoms with Crippen LogP contribution in [0, 0.1) is 0 Å². The second-order valence-electron chi connectivity index (χ2n) is 6.88. The van der Waals surface area contributed by atoms with E-state index < -0.39 is 10.0 Å². The van der Waals surface area contributed by atoms with Crippen LogP contribution in [0.4, 0.5) is 0 Å². The molecule has 0 spiro atoms. The van der Waals surface area contributed by atoms with Crippen LogP contribution in [0.5, 0.6) is 0 Å². The molecule has 1 aliphatic heterocycles. The number of hydrogen-bond acceptors (Lipinski definition) is 4. The van der Waals surface area contributed by atoms with Crippen LogP contribution in [0.15, 0.2) is 52.7 Å². The predicted octanol–water partition coefficient (Wildman–Crippen LogP) is 3.21. The van der Waals surface area contributed by atoms with Crippen LogP contribution in [0.2, 0.25) is 0 Å². The Kier molecular flexibility index (Phi) is 4.86. The first-order chi connectivity index (χ1) is 12.6. The summed E-state index contributed by atoms with van der Waals surface area (Å²) in [6.45, 7) is 1.21. The fourth-order valence-electron chi connectivity index (χ4n) is 3.61. The van der Waals surface area contributed by atoms with Crippen molar-refractivity contribution >= 4 is 27.3 Å². The third kappa shape index (κ3) is 3.43. The molecule has 0 N–H and O–H groups in total. The van der Waals surface area contributed by atoms with Crippen molar-refractivity contribution in [1.82, 2.24) is 9.21 Å². The molecule has 1 saturated carbocycles. The van der Waals surface area contributed by atoms with Gasteiger partial charge in [-0.2, -0.15) is 4.31 Å². The first-order valence-electron chi connectivity index (χ1n) is 8.99. The van der Waals surface area contributed by atoms with Crippen LogP contribution in [-0.2, 0) is 10.0 Å². The minimum atomic E-state index is -3.49. The van der Waals surface area contributed by atoms with E-state index in [9.17, 15) is 13.2 Å². The third-order valence-electron chi connectivity index (χ3n) is 5.07. The SMILES string of the molecule is O=C(c1cccs1)N1CCC(N(C2CC2)S(=O)(=O)c2ccccc2)CC1. The number of sulfonamides is 1. The van der Waals surface area contributed by atoms with Gasteiger partial charge in [0.2, 0.25) is 10.0 Å². The Balaban J connectivity index is 1.49. The molecule has 0 radical (unpaired) electrons. The number of piperidine rings is 1. The number of nitrogens with zero attached hydrogens (tertiary/aromatic N) is 2. The molecule has 2 fully saturated rings. The van der Waals surface area contributed by atoms with Crippen molar-refractivity contribution in [1.29, 1.82) is 0 Å². The monoisotopic (exact) mass is 390 g/mol. The van der Waals surface area contributed by atoms with Gasteiger partial charge >= 0.3 is 0 Å². The summed E-state index contributed by atoms with van der Waals surface area (Å²) in [7, 11) is -3.49. The van der Waals surface area contributed by atoms with Crippen LogP contribution < -0.4 is 0 Å². The molecule has 1 aromatic heterocycles. The van der Waals surface area contributed by atoms with E-state index in [4.69, 9.17) is 0 Å². The third-order valence-corrected chi connectivity index (χ3v) is 7.95. The van der Waals surface area contributed by atoms with E-state index >= 15 is 0 Å². The number of amides is 1. The summed E-state index contributed by atoms with van der Waals surface area (Å²) in [4.78, 5) is 15.5. The Morgan fingerprint density at radius 2 is 1.62 bits per heavy atom. The van der Waals surface area contributed by atoms with E-state index in [1.165, 1.54) is 11.3 Å². The lowest BCUT2D eigenvalue weighted by atomic mass is 10.0. The zero-order chi connectivity index (χ0) is 18.1. The van der Waals surface area contributed by atoms with Gasteiger partial charge < -0.3 is 4.90 Å². The second-order valence-corrected chi connectivity index (χ2v) is 9.67. The lowest BCUT2D eigenvalue weighted by molar-refractivity contribution is 0.0681. The highest BCUT2D eigenvalue weighted by atomic mass is 32.2. The van der Waals surface area contributed by atoms with Crippen molar-refractivity contribution in [2.24, 2.45) is 0 Å². The number of rotatable bonds is 5. The van der Waals surface area contributed by atoms with Crippen molar-refractivity contribution in [2.75, 3.05) is 13.1 Å². The number of carbonyl (C=O) groups excluding carboxylic acids is 1. The van der Waals surface area contributed by atoms with Gasteiger partial charge in [-0.15, -0.1) is 11.3 Å². The highest BCUT2D eigenvalue weighted by molar-refractivity contribution is 7.89. The van der Waals surface area contributed by atoms with Gasteiger partial charge in [-0.25, -0.2) is 8.42 Å². The van der Waals surface area contributed by atoms with Crippen molar-refractivity contribution in [3.05, 3.63) is 52.7 Å². The quantitative estimate of drug-likeness (QED) is 0.788. The molecule has 2 heterocycles. The summed E-state index contributed by atoms with van der Waals surface area (Å²) in [5.41, 5.74) is 0. The Morgan fingerprint density at radius 3 is 2.19 bits per heavy atom. The molecule has 4 rings (SSSR count). The smallest absolute Gasteiger partial charge is 0.263 e. The van der Waals surface area contributed by atoms with Gasteiger partial charge in [-0.1, -0.05) is 24.3 Å². The molecule has 2 aromatic rings. The van der Waals surface area contributed by atoms with Gasteiger partial charge in [0.15, 0.2) is 0 Å². The Hall–Kier alpha value is -1.70. The number of thiophene rings is 1. The standard InChI is InChI=1S/C19H22N2O3S2/c22-19(18-7-4-14-25-18)20-12-10-16(11-13-20)21(15-8-9-15)26(23,24)17-5-2-1-3-6-17/h1-7,14-16H,8-13H2. The lowest BCUT2D eigenvalue weighted by Gasteiger charge is -2.38. The number of benzene rings is 1. The van der Waals surface area contributed by atoms with E-state index in [-0.39, 0.29) is 18.0 Å². The van der Waals surface area contributed by atoms with E-state index in [1.54, 1.807) is 28.6 Å². The summed E-state index contributed by atoms with van der Waals surface area (Å²) in [6.07, 6.45) is 3.25. The topological polar surface area (TPSA) is 57.7 Å². The molecule has 2 aliphatic rings. The summed E-state index contributed by atoms with van der Waals surface area (Å²) in [5, 5.41) is 1.90. The molecule has 1 aromatic carbocycles. The average molecular weight is 391 g/mol. The molecule has 1 amide bonds. The molecule has 0 atom stereocenters. The fourth-order valence-corrected chi connectivity index (χ4v) is 6.26. The van der Waals surface area contributed by atoms with Gasteiger partial charge in [0.1, 0.15) is 0 Å². The second kappa shape index (κ2) is 7.13. The molecule has 138 valence electrons. The van der Waals surface area contributed by atoms with Gasteiger partial charge in [0.25, 0.3) is 5.91 Å². The van der Waals surface area contributed by atoms with Gasteiger partial charge in [-0.05, 0) is 49.3 Å². The van der Waals surface area contributed by atoms with E-state index in [2.05, 4.69) is 0 Å². The highest BCUT2D eigenvalue weighted by Gasteiger charge is 2.43. The van der Waals surface area contributed by atoms with Crippen LogP contribution >= 0.6 is 11.3 Å². The molecule has 7 heteroatoms.